The summed E-state index contributed by atoms with van der Waals surface area (Å²) in [5.74, 6) is 0.355. The van der Waals surface area contributed by atoms with Crippen molar-refractivity contribution in [2.45, 2.75) is 34.1 Å². The number of benzene rings is 1. The second-order valence-electron chi connectivity index (χ2n) is 6.79. The van der Waals surface area contributed by atoms with Gasteiger partial charge in [-0.1, -0.05) is 20.8 Å². The van der Waals surface area contributed by atoms with E-state index in [0.29, 0.717) is 23.5 Å². The zero-order valence-electron chi connectivity index (χ0n) is 13.5. The third-order valence-corrected chi connectivity index (χ3v) is 4.30. The molecule has 116 valence electrons. The highest BCUT2D eigenvalue weighted by Crippen LogP contribution is 2.37. The third-order valence-electron chi connectivity index (χ3n) is 4.30. The molecule has 1 atom stereocenters. The Morgan fingerprint density at radius 3 is 2.71 bits per heavy atom. The van der Waals surface area contributed by atoms with E-state index in [0.717, 1.165) is 30.9 Å². The Bertz CT molecular complexity index is 520. The molecule has 0 bridgehead atoms. The minimum Gasteiger partial charge on any atom is -0.462 e. The zero-order valence-corrected chi connectivity index (χ0v) is 13.5. The van der Waals surface area contributed by atoms with Crippen molar-refractivity contribution in [2.75, 3.05) is 30.3 Å². The first-order valence-electron chi connectivity index (χ1n) is 7.64. The molecule has 1 aliphatic heterocycles. The van der Waals surface area contributed by atoms with Gasteiger partial charge in [0.2, 0.25) is 0 Å². The first-order chi connectivity index (χ1) is 9.82. The highest BCUT2D eigenvalue weighted by molar-refractivity contribution is 5.92. The van der Waals surface area contributed by atoms with Crippen molar-refractivity contribution in [1.82, 2.24) is 0 Å². The number of carbonyl (C=O) groups excluding carboxylic acids is 1. The van der Waals surface area contributed by atoms with Gasteiger partial charge in [0.1, 0.15) is 0 Å². The molecule has 2 rings (SSSR count). The van der Waals surface area contributed by atoms with Crippen LogP contribution in [-0.4, -0.2) is 25.7 Å². The smallest absolute Gasteiger partial charge is 0.338 e. The van der Waals surface area contributed by atoms with Gasteiger partial charge in [0.25, 0.3) is 0 Å². The van der Waals surface area contributed by atoms with Crippen molar-refractivity contribution < 1.29 is 9.53 Å². The lowest BCUT2D eigenvalue weighted by Crippen LogP contribution is -2.26. The van der Waals surface area contributed by atoms with Crippen molar-refractivity contribution in [3.63, 3.8) is 0 Å². The van der Waals surface area contributed by atoms with Crippen molar-refractivity contribution in [2.24, 2.45) is 11.3 Å². The van der Waals surface area contributed by atoms with Gasteiger partial charge in [-0.05, 0) is 42.9 Å². The van der Waals surface area contributed by atoms with E-state index >= 15 is 0 Å². The Labute approximate surface area is 127 Å². The van der Waals surface area contributed by atoms with E-state index in [1.165, 1.54) is 0 Å². The number of esters is 1. The van der Waals surface area contributed by atoms with Crippen LogP contribution in [0.15, 0.2) is 18.2 Å². The highest BCUT2D eigenvalue weighted by atomic mass is 16.5. The van der Waals surface area contributed by atoms with Crippen LogP contribution in [0.25, 0.3) is 0 Å². The summed E-state index contributed by atoms with van der Waals surface area (Å²) >= 11 is 0. The van der Waals surface area contributed by atoms with Gasteiger partial charge in [-0.2, -0.15) is 0 Å². The van der Waals surface area contributed by atoms with E-state index < -0.39 is 0 Å². The van der Waals surface area contributed by atoms with Gasteiger partial charge in [0, 0.05) is 13.1 Å². The lowest BCUT2D eigenvalue weighted by atomic mass is 9.80. The van der Waals surface area contributed by atoms with Crippen molar-refractivity contribution in [3.8, 4) is 0 Å². The molecule has 1 unspecified atom stereocenters. The maximum absolute atomic E-state index is 11.9. The number of nitrogens with zero attached hydrogens (tertiary/aromatic N) is 1. The Morgan fingerprint density at radius 1 is 1.43 bits per heavy atom. The fourth-order valence-corrected chi connectivity index (χ4v) is 2.84. The summed E-state index contributed by atoms with van der Waals surface area (Å²) in [6.07, 6.45) is 1.16. The Balaban J connectivity index is 2.20. The summed E-state index contributed by atoms with van der Waals surface area (Å²) in [7, 11) is 0. The summed E-state index contributed by atoms with van der Waals surface area (Å²) in [5.41, 5.74) is 8.64. The molecule has 1 saturated heterocycles. The molecule has 4 nitrogen and oxygen atoms in total. The predicted octanol–water partition coefficient (Wildman–Crippen LogP) is 3.32. The molecule has 4 heteroatoms. The molecular formula is C17H26N2O2. The maximum Gasteiger partial charge on any atom is 0.338 e. The van der Waals surface area contributed by atoms with E-state index in [1.807, 2.05) is 13.0 Å². The van der Waals surface area contributed by atoms with Crippen molar-refractivity contribution >= 4 is 17.3 Å². The van der Waals surface area contributed by atoms with Crippen molar-refractivity contribution in [1.29, 1.82) is 0 Å². The normalized spacial score (nSPS) is 18.9. The Hall–Kier alpha value is -1.71. The van der Waals surface area contributed by atoms with Gasteiger partial charge in [-0.15, -0.1) is 0 Å². The SMILES string of the molecule is CCOC(=O)c1ccc(N)c(N2CCC(C(C)(C)C)C2)c1. The van der Waals surface area contributed by atoms with E-state index in [4.69, 9.17) is 10.5 Å². The predicted molar refractivity (Wildman–Crippen MR) is 86.6 cm³/mol. The van der Waals surface area contributed by atoms with E-state index in [9.17, 15) is 4.79 Å². The van der Waals surface area contributed by atoms with E-state index in [1.54, 1.807) is 12.1 Å². The molecule has 1 heterocycles. The van der Waals surface area contributed by atoms with Gasteiger partial charge in [-0.3, -0.25) is 0 Å². The average Bonchev–Trinajstić information content (AvgIpc) is 2.89. The topological polar surface area (TPSA) is 55.6 Å². The molecule has 21 heavy (non-hydrogen) atoms. The first kappa shape index (κ1) is 15.7. The summed E-state index contributed by atoms with van der Waals surface area (Å²) < 4.78 is 5.06. The van der Waals surface area contributed by atoms with Crippen LogP contribution in [0.3, 0.4) is 0 Å². The van der Waals surface area contributed by atoms with Crippen LogP contribution in [0, 0.1) is 11.3 Å². The zero-order chi connectivity index (χ0) is 15.6. The second-order valence-corrected chi connectivity index (χ2v) is 6.79. The van der Waals surface area contributed by atoms with Crippen LogP contribution in [-0.2, 0) is 4.74 Å². The minimum absolute atomic E-state index is 0.287. The molecule has 1 aromatic carbocycles. The Kier molecular flexibility index (Phi) is 4.45. The molecule has 0 aliphatic carbocycles. The molecule has 0 saturated carbocycles. The van der Waals surface area contributed by atoms with Crippen LogP contribution in [0.5, 0.6) is 0 Å². The van der Waals surface area contributed by atoms with E-state index in [-0.39, 0.29) is 5.97 Å². The fraction of sp³-hybridized carbons (Fsp3) is 0.588. The number of anilines is 2. The highest BCUT2D eigenvalue weighted by Gasteiger charge is 2.32. The number of ether oxygens (including phenoxy) is 1. The number of rotatable bonds is 3. The summed E-state index contributed by atoms with van der Waals surface area (Å²) in [4.78, 5) is 14.2. The van der Waals surface area contributed by atoms with Gasteiger partial charge < -0.3 is 15.4 Å². The largest absolute Gasteiger partial charge is 0.462 e. The van der Waals surface area contributed by atoms with Gasteiger partial charge in [0.15, 0.2) is 0 Å². The van der Waals surface area contributed by atoms with E-state index in [2.05, 4.69) is 25.7 Å². The Morgan fingerprint density at radius 2 is 2.14 bits per heavy atom. The molecule has 2 N–H and O–H groups in total. The maximum atomic E-state index is 11.9. The van der Waals surface area contributed by atoms with Gasteiger partial charge in [0.05, 0.1) is 23.5 Å². The number of hydrogen-bond acceptors (Lipinski definition) is 4. The summed E-state index contributed by atoms with van der Waals surface area (Å²) in [6, 6.07) is 5.39. The molecule has 0 amide bonds. The third kappa shape index (κ3) is 3.49. The molecule has 0 spiro atoms. The van der Waals surface area contributed by atoms with Crippen LogP contribution < -0.4 is 10.6 Å². The van der Waals surface area contributed by atoms with Crippen LogP contribution in [0.2, 0.25) is 0 Å². The average molecular weight is 290 g/mol. The first-order valence-corrected chi connectivity index (χ1v) is 7.64. The molecule has 1 fully saturated rings. The van der Waals surface area contributed by atoms with Crippen LogP contribution in [0.1, 0.15) is 44.5 Å². The number of hydrogen-bond donors (Lipinski definition) is 1. The quantitative estimate of drug-likeness (QED) is 0.685. The monoisotopic (exact) mass is 290 g/mol. The lowest BCUT2D eigenvalue weighted by Gasteiger charge is -2.28. The van der Waals surface area contributed by atoms with Gasteiger partial charge >= 0.3 is 5.97 Å². The molecule has 1 aromatic rings. The second kappa shape index (κ2) is 5.96. The summed E-state index contributed by atoms with van der Waals surface area (Å²) in [5, 5.41) is 0. The molecule has 0 aromatic heterocycles. The standard InChI is InChI=1S/C17H26N2O2/c1-5-21-16(20)12-6-7-14(18)15(10-12)19-9-8-13(11-19)17(2,3)4/h6-7,10,13H,5,8-9,11,18H2,1-4H3. The van der Waals surface area contributed by atoms with Gasteiger partial charge in [-0.25, -0.2) is 4.79 Å². The van der Waals surface area contributed by atoms with Crippen LogP contribution >= 0.6 is 0 Å². The molecule has 0 radical (unpaired) electrons. The molecule has 1 aliphatic rings. The minimum atomic E-state index is -0.287. The van der Waals surface area contributed by atoms with Crippen LogP contribution in [0.4, 0.5) is 11.4 Å². The fourth-order valence-electron chi connectivity index (χ4n) is 2.84. The number of nitrogen functional groups attached to an aromatic ring is 1. The summed E-state index contributed by atoms with van der Waals surface area (Å²) in [6.45, 7) is 11.0. The number of carbonyl (C=O) groups is 1. The lowest BCUT2D eigenvalue weighted by molar-refractivity contribution is 0.0526. The molecular weight excluding hydrogens is 264 g/mol. The number of nitrogens with two attached hydrogens (primary N) is 1. The van der Waals surface area contributed by atoms with Crippen molar-refractivity contribution in [3.05, 3.63) is 23.8 Å².